The summed E-state index contributed by atoms with van der Waals surface area (Å²) >= 11 is 0. The van der Waals surface area contributed by atoms with Crippen molar-refractivity contribution in [3.8, 4) is 11.5 Å². The molecule has 0 bridgehead atoms. The molecule has 3 aromatic carbocycles. The Labute approximate surface area is 201 Å². The summed E-state index contributed by atoms with van der Waals surface area (Å²) in [6, 6.07) is 18.5. The molecule has 0 aliphatic carbocycles. The SMILES string of the molecule is COc1cccc(N2C[C@@H](C(=O)Oc3ccc(N4C(=O)c5ccccc5C4=O)c(C)c3)CC2=O)c1. The zero-order valence-electron chi connectivity index (χ0n) is 19.2. The molecule has 3 aromatic rings. The minimum absolute atomic E-state index is 0.0438. The van der Waals surface area contributed by atoms with Crippen LogP contribution in [0.25, 0.3) is 0 Å². The van der Waals surface area contributed by atoms with Crippen LogP contribution in [0.15, 0.2) is 66.7 Å². The van der Waals surface area contributed by atoms with Crippen LogP contribution in [0.1, 0.15) is 32.7 Å². The molecule has 35 heavy (non-hydrogen) atoms. The van der Waals surface area contributed by atoms with E-state index in [1.54, 1.807) is 85.7 Å². The van der Waals surface area contributed by atoms with E-state index in [0.717, 1.165) is 4.90 Å². The number of methoxy groups -OCH3 is 1. The fourth-order valence-electron chi connectivity index (χ4n) is 4.44. The summed E-state index contributed by atoms with van der Waals surface area (Å²) in [7, 11) is 1.55. The molecular weight excluding hydrogens is 448 g/mol. The maximum atomic E-state index is 12.8. The molecular formula is C27H22N2O6. The van der Waals surface area contributed by atoms with Crippen LogP contribution in [-0.2, 0) is 9.59 Å². The van der Waals surface area contributed by atoms with Crippen molar-refractivity contribution < 1.29 is 28.7 Å². The summed E-state index contributed by atoms with van der Waals surface area (Å²) in [5.74, 6) is -1.19. The molecule has 2 aliphatic rings. The molecule has 0 spiro atoms. The molecule has 0 radical (unpaired) electrons. The minimum Gasteiger partial charge on any atom is -0.497 e. The molecule has 0 saturated carbocycles. The van der Waals surface area contributed by atoms with E-state index in [-0.39, 0.29) is 36.4 Å². The van der Waals surface area contributed by atoms with Gasteiger partial charge in [0, 0.05) is 24.7 Å². The highest BCUT2D eigenvalue weighted by molar-refractivity contribution is 6.34. The van der Waals surface area contributed by atoms with Gasteiger partial charge < -0.3 is 14.4 Å². The fraction of sp³-hybridized carbons (Fsp3) is 0.185. The second kappa shape index (κ2) is 8.72. The first-order valence-corrected chi connectivity index (χ1v) is 11.1. The molecule has 1 fully saturated rings. The van der Waals surface area contributed by atoms with Crippen molar-refractivity contribution in [2.24, 2.45) is 5.92 Å². The first-order valence-electron chi connectivity index (χ1n) is 11.1. The van der Waals surface area contributed by atoms with Crippen LogP contribution < -0.4 is 19.3 Å². The zero-order chi connectivity index (χ0) is 24.7. The van der Waals surface area contributed by atoms with Crippen molar-refractivity contribution in [1.82, 2.24) is 0 Å². The Morgan fingerprint density at radius 2 is 1.60 bits per heavy atom. The van der Waals surface area contributed by atoms with Gasteiger partial charge in [-0.2, -0.15) is 0 Å². The first kappa shape index (κ1) is 22.3. The van der Waals surface area contributed by atoms with Crippen molar-refractivity contribution in [2.75, 3.05) is 23.5 Å². The Morgan fingerprint density at radius 3 is 2.26 bits per heavy atom. The van der Waals surface area contributed by atoms with Gasteiger partial charge in [-0.25, -0.2) is 4.90 Å². The van der Waals surface area contributed by atoms with Gasteiger partial charge in [0.05, 0.1) is 29.8 Å². The maximum absolute atomic E-state index is 12.8. The fourth-order valence-corrected chi connectivity index (χ4v) is 4.44. The molecule has 1 saturated heterocycles. The first-order chi connectivity index (χ1) is 16.9. The van der Waals surface area contributed by atoms with Gasteiger partial charge in [0.25, 0.3) is 11.8 Å². The standard InChI is InChI=1S/C27H22N2O6/c1-16-12-20(10-11-23(16)29-25(31)21-8-3-4-9-22(21)26(29)32)35-27(33)17-13-24(30)28(15-17)18-6-5-7-19(14-18)34-2/h3-12,14,17H,13,15H2,1-2H3/t17-/m0/s1. The third-order valence-corrected chi connectivity index (χ3v) is 6.25. The number of carbonyl (C=O) groups is 4. The Kier molecular flexibility index (Phi) is 5.56. The highest BCUT2D eigenvalue weighted by Crippen LogP contribution is 2.33. The average Bonchev–Trinajstić information content (AvgIpc) is 3.37. The summed E-state index contributed by atoms with van der Waals surface area (Å²) < 4.78 is 10.8. The second-order valence-corrected chi connectivity index (χ2v) is 8.47. The van der Waals surface area contributed by atoms with Gasteiger partial charge in [0.2, 0.25) is 5.91 Å². The topological polar surface area (TPSA) is 93.2 Å². The number of hydrogen-bond acceptors (Lipinski definition) is 6. The second-order valence-electron chi connectivity index (χ2n) is 8.47. The highest BCUT2D eigenvalue weighted by atomic mass is 16.5. The van der Waals surface area contributed by atoms with Gasteiger partial charge in [-0.05, 0) is 55.0 Å². The maximum Gasteiger partial charge on any atom is 0.316 e. The third-order valence-electron chi connectivity index (χ3n) is 6.25. The number of carbonyl (C=O) groups excluding carboxylic acids is 4. The minimum atomic E-state index is -0.620. The van der Waals surface area contributed by atoms with Crippen LogP contribution >= 0.6 is 0 Å². The van der Waals surface area contributed by atoms with E-state index in [2.05, 4.69) is 0 Å². The molecule has 2 heterocycles. The number of ether oxygens (including phenoxy) is 2. The summed E-state index contributed by atoms with van der Waals surface area (Å²) in [5, 5.41) is 0. The van der Waals surface area contributed by atoms with E-state index in [0.29, 0.717) is 33.8 Å². The molecule has 8 nitrogen and oxygen atoms in total. The molecule has 176 valence electrons. The Morgan fingerprint density at radius 1 is 0.886 bits per heavy atom. The van der Waals surface area contributed by atoms with Gasteiger partial charge >= 0.3 is 5.97 Å². The number of nitrogens with zero attached hydrogens (tertiary/aromatic N) is 2. The molecule has 1 atom stereocenters. The van der Waals surface area contributed by atoms with Gasteiger partial charge in [-0.1, -0.05) is 18.2 Å². The van der Waals surface area contributed by atoms with Crippen LogP contribution in [0.3, 0.4) is 0 Å². The predicted molar refractivity (Wildman–Crippen MR) is 128 cm³/mol. The van der Waals surface area contributed by atoms with Crippen molar-refractivity contribution in [2.45, 2.75) is 13.3 Å². The number of fused-ring (bicyclic) bond motifs is 1. The van der Waals surface area contributed by atoms with Crippen LogP contribution in [0.5, 0.6) is 11.5 Å². The summed E-state index contributed by atoms with van der Waals surface area (Å²) in [6.45, 7) is 1.94. The lowest BCUT2D eigenvalue weighted by molar-refractivity contribution is -0.139. The number of aryl methyl sites for hydroxylation is 1. The van der Waals surface area contributed by atoms with Gasteiger partial charge in [-0.15, -0.1) is 0 Å². The van der Waals surface area contributed by atoms with E-state index < -0.39 is 11.9 Å². The van der Waals surface area contributed by atoms with E-state index in [9.17, 15) is 19.2 Å². The van der Waals surface area contributed by atoms with Gasteiger partial charge in [-0.3, -0.25) is 19.2 Å². The predicted octanol–water partition coefficient (Wildman–Crippen LogP) is 3.76. The molecule has 0 unspecified atom stereocenters. The molecule has 3 amide bonds. The summed E-state index contributed by atoms with van der Waals surface area (Å²) in [4.78, 5) is 53.6. The molecule has 0 N–H and O–H groups in total. The molecule has 8 heteroatoms. The Bertz CT molecular complexity index is 1350. The molecule has 0 aromatic heterocycles. The van der Waals surface area contributed by atoms with Crippen molar-refractivity contribution in [3.05, 3.63) is 83.4 Å². The lowest BCUT2D eigenvalue weighted by atomic mass is 10.1. The quantitative estimate of drug-likeness (QED) is 0.320. The number of esters is 1. The van der Waals surface area contributed by atoms with Crippen molar-refractivity contribution >= 4 is 35.1 Å². The highest BCUT2D eigenvalue weighted by Gasteiger charge is 2.38. The number of hydrogen-bond donors (Lipinski definition) is 0. The molecule has 5 rings (SSSR count). The van der Waals surface area contributed by atoms with Crippen molar-refractivity contribution in [1.29, 1.82) is 0 Å². The van der Waals surface area contributed by atoms with Gasteiger partial charge in [0.1, 0.15) is 11.5 Å². The van der Waals surface area contributed by atoms with Crippen LogP contribution in [-0.4, -0.2) is 37.3 Å². The average molecular weight is 470 g/mol. The van der Waals surface area contributed by atoms with Crippen LogP contribution in [0.2, 0.25) is 0 Å². The Balaban J connectivity index is 1.30. The lowest BCUT2D eigenvalue weighted by Gasteiger charge is -2.18. The summed E-state index contributed by atoms with van der Waals surface area (Å²) in [6.07, 6.45) is 0.0438. The van der Waals surface area contributed by atoms with Crippen LogP contribution in [0, 0.1) is 12.8 Å². The largest absolute Gasteiger partial charge is 0.497 e. The number of benzene rings is 3. The van der Waals surface area contributed by atoms with Crippen LogP contribution in [0.4, 0.5) is 11.4 Å². The number of imide groups is 1. The number of anilines is 2. The van der Waals surface area contributed by atoms with E-state index in [4.69, 9.17) is 9.47 Å². The van der Waals surface area contributed by atoms with Crippen molar-refractivity contribution in [3.63, 3.8) is 0 Å². The van der Waals surface area contributed by atoms with Gasteiger partial charge in [0.15, 0.2) is 0 Å². The number of rotatable bonds is 5. The smallest absolute Gasteiger partial charge is 0.316 e. The zero-order valence-corrected chi connectivity index (χ0v) is 19.2. The molecule has 2 aliphatic heterocycles. The van der Waals surface area contributed by atoms with E-state index >= 15 is 0 Å². The Hall–Kier alpha value is -4.46. The third kappa shape index (κ3) is 3.93. The van der Waals surface area contributed by atoms with E-state index in [1.165, 1.54) is 0 Å². The monoisotopic (exact) mass is 470 g/mol. The van der Waals surface area contributed by atoms with E-state index in [1.807, 2.05) is 0 Å². The normalized spacial score (nSPS) is 17.1. The lowest BCUT2D eigenvalue weighted by Crippen LogP contribution is -2.30. The summed E-state index contributed by atoms with van der Waals surface area (Å²) in [5.41, 5.74) is 2.41. The number of amides is 3.